The van der Waals surface area contributed by atoms with Gasteiger partial charge in [0.05, 0.1) is 12.2 Å². The second kappa shape index (κ2) is 8.05. The van der Waals surface area contributed by atoms with Crippen LogP contribution in [0.5, 0.6) is 0 Å². The molecule has 1 saturated heterocycles. The summed E-state index contributed by atoms with van der Waals surface area (Å²) in [7, 11) is 0. The van der Waals surface area contributed by atoms with Crippen LogP contribution in [0.2, 0.25) is 0 Å². The lowest BCUT2D eigenvalue weighted by molar-refractivity contribution is -0.131. The molecule has 0 spiro atoms. The second-order valence-corrected chi connectivity index (χ2v) is 8.60. The molecule has 4 rings (SSSR count). The maximum Gasteiger partial charge on any atom is 0.254 e. The highest BCUT2D eigenvalue weighted by Crippen LogP contribution is 2.30. The van der Waals surface area contributed by atoms with Crippen molar-refractivity contribution in [1.82, 2.24) is 19.8 Å². The molecule has 2 fully saturated rings. The molecule has 1 N–H and O–H groups in total. The summed E-state index contributed by atoms with van der Waals surface area (Å²) < 4.78 is 0. The van der Waals surface area contributed by atoms with Crippen molar-refractivity contribution in [3.05, 3.63) is 27.4 Å². The van der Waals surface area contributed by atoms with E-state index >= 15 is 0 Å². The Labute approximate surface area is 165 Å². The highest BCUT2D eigenvalue weighted by Gasteiger charge is 2.31. The third kappa shape index (κ3) is 3.98. The normalized spacial score (nSPS) is 23.0. The Morgan fingerprint density at radius 1 is 1.11 bits per heavy atom. The van der Waals surface area contributed by atoms with Crippen LogP contribution in [0.1, 0.15) is 74.9 Å². The molecule has 28 heavy (non-hydrogen) atoms. The molecular formula is C21H30N4O3. The molecule has 7 nitrogen and oxygen atoms in total. The van der Waals surface area contributed by atoms with Gasteiger partial charge in [0.15, 0.2) is 0 Å². The first-order valence-electron chi connectivity index (χ1n) is 10.7. The van der Waals surface area contributed by atoms with E-state index in [0.29, 0.717) is 55.5 Å². The highest BCUT2D eigenvalue weighted by molar-refractivity contribution is 5.77. The predicted octanol–water partition coefficient (Wildman–Crippen LogP) is 1.96. The molecule has 0 aromatic carbocycles. The molecule has 1 aromatic heterocycles. The topological polar surface area (TPSA) is 86.4 Å². The first kappa shape index (κ1) is 19.2. The van der Waals surface area contributed by atoms with Gasteiger partial charge in [-0.25, -0.2) is 4.98 Å². The number of rotatable bonds is 3. The van der Waals surface area contributed by atoms with Crippen molar-refractivity contribution < 1.29 is 9.59 Å². The Bertz CT molecular complexity index is 812. The van der Waals surface area contributed by atoms with E-state index in [1.165, 1.54) is 32.1 Å². The fraction of sp³-hybridized carbons (Fsp3) is 0.714. The Kier molecular flexibility index (Phi) is 5.51. The van der Waals surface area contributed by atoms with E-state index in [2.05, 4.69) is 4.98 Å². The third-order valence-corrected chi connectivity index (χ3v) is 6.65. The molecule has 152 valence electrons. The predicted molar refractivity (Wildman–Crippen MR) is 105 cm³/mol. The fourth-order valence-corrected chi connectivity index (χ4v) is 4.90. The average Bonchev–Trinajstić information content (AvgIpc) is 3.18. The molecule has 1 atom stereocenters. The number of nitrogens with zero attached hydrogens (tertiary/aromatic N) is 3. The molecule has 0 bridgehead atoms. The molecule has 2 amide bonds. The minimum Gasteiger partial charge on any atom is -0.342 e. The number of carbonyl (C=O) groups is 2. The van der Waals surface area contributed by atoms with Crippen LogP contribution in [0.15, 0.2) is 4.79 Å². The lowest BCUT2D eigenvalue weighted by Crippen LogP contribution is -2.38. The zero-order valence-electron chi connectivity index (χ0n) is 16.7. The highest BCUT2D eigenvalue weighted by atomic mass is 16.2. The van der Waals surface area contributed by atoms with E-state index in [0.717, 1.165) is 13.0 Å². The maximum atomic E-state index is 12.7. The number of amides is 2. The smallest absolute Gasteiger partial charge is 0.254 e. The number of likely N-dealkylation sites (tertiary alicyclic amines) is 1. The van der Waals surface area contributed by atoms with Gasteiger partial charge in [-0.3, -0.25) is 14.4 Å². The summed E-state index contributed by atoms with van der Waals surface area (Å²) in [6, 6.07) is 0. The molecule has 3 aliphatic rings. The lowest BCUT2D eigenvalue weighted by Gasteiger charge is -2.27. The summed E-state index contributed by atoms with van der Waals surface area (Å²) in [6.45, 7) is 3.88. The van der Waals surface area contributed by atoms with Crippen molar-refractivity contribution in [3.8, 4) is 0 Å². The van der Waals surface area contributed by atoms with Gasteiger partial charge in [0, 0.05) is 44.5 Å². The minimum absolute atomic E-state index is 0.00892. The van der Waals surface area contributed by atoms with Crippen molar-refractivity contribution >= 4 is 11.8 Å². The van der Waals surface area contributed by atoms with Gasteiger partial charge in [0.2, 0.25) is 11.8 Å². The van der Waals surface area contributed by atoms with Gasteiger partial charge in [-0.1, -0.05) is 19.3 Å². The summed E-state index contributed by atoms with van der Waals surface area (Å²) in [4.78, 5) is 48.2. The quantitative estimate of drug-likeness (QED) is 0.860. The largest absolute Gasteiger partial charge is 0.342 e. The van der Waals surface area contributed by atoms with Gasteiger partial charge >= 0.3 is 0 Å². The number of carbonyl (C=O) groups excluding carboxylic acids is 2. The summed E-state index contributed by atoms with van der Waals surface area (Å²) in [6.07, 6.45) is 8.19. The SMILES string of the molecule is CC(=O)N1CCc2c(nc([C@H]3CCN(C(=O)CC4CCCCC4)C3)[nH]c2=O)C1. The minimum atomic E-state index is -0.0878. The van der Waals surface area contributed by atoms with Crippen LogP contribution in [0, 0.1) is 5.92 Å². The van der Waals surface area contributed by atoms with Crippen LogP contribution in [0.3, 0.4) is 0 Å². The van der Waals surface area contributed by atoms with Crippen LogP contribution < -0.4 is 5.56 Å². The van der Waals surface area contributed by atoms with Gasteiger partial charge in [0.1, 0.15) is 5.82 Å². The Morgan fingerprint density at radius 2 is 1.89 bits per heavy atom. The summed E-state index contributed by atoms with van der Waals surface area (Å²) in [5.74, 6) is 1.54. The van der Waals surface area contributed by atoms with Crippen LogP contribution in [0.4, 0.5) is 0 Å². The Hall–Kier alpha value is -2.18. The van der Waals surface area contributed by atoms with Crippen LogP contribution in [0.25, 0.3) is 0 Å². The standard InChI is InChI=1S/C21H30N4O3/c1-14(26)24-10-8-17-18(13-24)22-20(23-21(17)28)16-7-9-25(12-16)19(27)11-15-5-3-2-4-6-15/h15-16H,2-13H2,1H3,(H,22,23,28)/t16-/m0/s1. The van der Waals surface area contributed by atoms with E-state index in [1.807, 2.05) is 4.90 Å². The summed E-state index contributed by atoms with van der Waals surface area (Å²) in [5.41, 5.74) is 1.33. The third-order valence-electron chi connectivity index (χ3n) is 6.65. The Morgan fingerprint density at radius 3 is 2.64 bits per heavy atom. The van der Waals surface area contributed by atoms with Crippen molar-refractivity contribution in [2.75, 3.05) is 19.6 Å². The van der Waals surface area contributed by atoms with Crippen LogP contribution in [-0.2, 0) is 22.6 Å². The number of aromatic amines is 1. The maximum absolute atomic E-state index is 12.7. The first-order valence-corrected chi connectivity index (χ1v) is 10.7. The average molecular weight is 386 g/mol. The van der Waals surface area contributed by atoms with E-state index in [-0.39, 0.29) is 23.3 Å². The zero-order chi connectivity index (χ0) is 19.7. The Balaban J connectivity index is 1.43. The van der Waals surface area contributed by atoms with E-state index in [4.69, 9.17) is 4.98 Å². The van der Waals surface area contributed by atoms with Gasteiger partial charge in [-0.05, 0) is 31.6 Å². The number of H-pyrrole nitrogens is 1. The first-order chi connectivity index (χ1) is 13.5. The van der Waals surface area contributed by atoms with Crippen LogP contribution in [-0.4, -0.2) is 51.2 Å². The fourth-order valence-electron chi connectivity index (χ4n) is 4.90. The molecule has 2 aliphatic heterocycles. The van der Waals surface area contributed by atoms with E-state index in [9.17, 15) is 14.4 Å². The van der Waals surface area contributed by atoms with Crippen LogP contribution >= 0.6 is 0 Å². The molecule has 3 heterocycles. The van der Waals surface area contributed by atoms with Crippen molar-refractivity contribution in [2.24, 2.45) is 5.92 Å². The molecule has 7 heteroatoms. The number of nitrogens with one attached hydrogen (secondary N) is 1. The van der Waals surface area contributed by atoms with E-state index in [1.54, 1.807) is 11.8 Å². The van der Waals surface area contributed by atoms with Gasteiger partial charge in [-0.15, -0.1) is 0 Å². The van der Waals surface area contributed by atoms with Crippen molar-refractivity contribution in [3.63, 3.8) is 0 Å². The summed E-state index contributed by atoms with van der Waals surface area (Å²) in [5, 5.41) is 0. The number of hydrogen-bond acceptors (Lipinski definition) is 4. The molecule has 1 aromatic rings. The molecule has 1 saturated carbocycles. The lowest BCUT2D eigenvalue weighted by atomic mass is 9.87. The van der Waals surface area contributed by atoms with E-state index < -0.39 is 0 Å². The molecule has 0 radical (unpaired) electrons. The molecule has 0 unspecified atom stereocenters. The molecular weight excluding hydrogens is 356 g/mol. The number of aromatic nitrogens is 2. The monoisotopic (exact) mass is 386 g/mol. The van der Waals surface area contributed by atoms with Gasteiger partial charge in [0.25, 0.3) is 5.56 Å². The van der Waals surface area contributed by atoms with Crippen molar-refractivity contribution in [2.45, 2.75) is 70.8 Å². The second-order valence-electron chi connectivity index (χ2n) is 8.60. The zero-order valence-corrected chi connectivity index (χ0v) is 16.7. The molecule has 1 aliphatic carbocycles. The van der Waals surface area contributed by atoms with Crippen molar-refractivity contribution in [1.29, 1.82) is 0 Å². The van der Waals surface area contributed by atoms with Gasteiger partial charge < -0.3 is 14.8 Å². The number of hydrogen-bond donors (Lipinski definition) is 1. The van der Waals surface area contributed by atoms with Gasteiger partial charge in [-0.2, -0.15) is 0 Å². The number of fused-ring (bicyclic) bond motifs is 1. The summed E-state index contributed by atoms with van der Waals surface area (Å²) >= 11 is 0.